The molecule has 0 aromatic rings. The molecule has 0 saturated carbocycles. The van der Waals surface area contributed by atoms with Crippen molar-refractivity contribution in [3.63, 3.8) is 0 Å². The number of hydrogen-bond acceptors (Lipinski definition) is 4. The highest BCUT2D eigenvalue weighted by Crippen LogP contribution is 2.22. The quantitative estimate of drug-likeness (QED) is 0.726. The topological polar surface area (TPSA) is 50.5 Å². The van der Waals surface area contributed by atoms with E-state index in [0.29, 0.717) is 12.6 Å². The summed E-state index contributed by atoms with van der Waals surface area (Å²) >= 11 is 0. The molecule has 0 spiro atoms. The van der Waals surface area contributed by atoms with E-state index in [1.165, 1.54) is 0 Å². The van der Waals surface area contributed by atoms with E-state index in [4.69, 9.17) is 5.26 Å². The Kier molecular flexibility index (Phi) is 4.52. The van der Waals surface area contributed by atoms with Crippen LogP contribution in [0.25, 0.3) is 0 Å². The first kappa shape index (κ1) is 12.4. The molecule has 1 saturated heterocycles. The fourth-order valence-corrected chi connectivity index (χ4v) is 2.30. The Morgan fingerprint density at radius 3 is 2.73 bits per heavy atom. The van der Waals surface area contributed by atoms with E-state index in [-0.39, 0.29) is 12.1 Å². The third kappa shape index (κ3) is 3.16. The monoisotopic (exact) mass is 211 g/mol. The molecule has 86 valence electrons. The van der Waals surface area contributed by atoms with Gasteiger partial charge in [0, 0.05) is 19.1 Å². The summed E-state index contributed by atoms with van der Waals surface area (Å²) in [6, 6.07) is 2.58. The lowest BCUT2D eigenvalue weighted by molar-refractivity contribution is 0.155. The molecule has 3 atom stereocenters. The van der Waals surface area contributed by atoms with E-state index in [1.54, 1.807) is 0 Å². The highest BCUT2D eigenvalue weighted by molar-refractivity contribution is 4.98. The molecule has 1 aliphatic heterocycles. The minimum atomic E-state index is -0.266. The Balaban J connectivity index is 2.64. The molecule has 0 aromatic heterocycles. The molecule has 1 rings (SSSR count). The van der Waals surface area contributed by atoms with Crippen molar-refractivity contribution < 1.29 is 5.11 Å². The van der Waals surface area contributed by atoms with Crippen LogP contribution in [0.5, 0.6) is 0 Å². The van der Waals surface area contributed by atoms with Gasteiger partial charge in [-0.15, -0.1) is 0 Å². The predicted octanol–water partition coefficient (Wildman–Crippen LogP) is 0.285. The molecule has 1 fully saturated rings. The van der Waals surface area contributed by atoms with Crippen LogP contribution >= 0.6 is 0 Å². The van der Waals surface area contributed by atoms with Gasteiger partial charge >= 0.3 is 0 Å². The van der Waals surface area contributed by atoms with Crippen molar-refractivity contribution in [2.75, 3.05) is 27.2 Å². The maximum absolute atomic E-state index is 9.65. The molecule has 15 heavy (non-hydrogen) atoms. The van der Waals surface area contributed by atoms with Gasteiger partial charge in [-0.05, 0) is 26.9 Å². The van der Waals surface area contributed by atoms with Crippen LogP contribution in [0, 0.1) is 11.3 Å². The number of nitrogens with zero attached hydrogens (tertiary/aromatic N) is 3. The number of aliphatic hydroxyl groups is 1. The van der Waals surface area contributed by atoms with Crippen molar-refractivity contribution in [1.29, 1.82) is 5.26 Å². The van der Waals surface area contributed by atoms with Crippen molar-refractivity contribution in [3.8, 4) is 6.07 Å². The SMILES string of the molecule is CCC(C#N)N1CC(O)CC1CN(C)C. The number of hydrogen-bond donors (Lipinski definition) is 1. The predicted molar refractivity (Wildman–Crippen MR) is 59.4 cm³/mol. The second kappa shape index (κ2) is 5.45. The highest BCUT2D eigenvalue weighted by atomic mass is 16.3. The standard InChI is InChI=1S/C11H21N3O/c1-4-9(6-12)14-8-11(15)5-10(14)7-13(2)3/h9-11,15H,4-5,7-8H2,1-3H3. The van der Waals surface area contributed by atoms with E-state index in [9.17, 15) is 5.11 Å². The second-order valence-corrected chi connectivity index (χ2v) is 4.56. The van der Waals surface area contributed by atoms with Crippen molar-refractivity contribution in [2.45, 2.75) is 38.0 Å². The van der Waals surface area contributed by atoms with Crippen LogP contribution in [0.2, 0.25) is 0 Å². The summed E-state index contributed by atoms with van der Waals surface area (Å²) in [5, 5.41) is 18.7. The van der Waals surface area contributed by atoms with Crippen LogP contribution in [0.3, 0.4) is 0 Å². The summed E-state index contributed by atoms with van der Waals surface area (Å²) in [6.07, 6.45) is 1.35. The van der Waals surface area contributed by atoms with Crippen LogP contribution in [0.4, 0.5) is 0 Å². The Morgan fingerprint density at radius 1 is 1.60 bits per heavy atom. The van der Waals surface area contributed by atoms with Gasteiger partial charge in [-0.3, -0.25) is 4.90 Å². The molecule has 0 aromatic carbocycles. The summed E-state index contributed by atoms with van der Waals surface area (Å²) in [7, 11) is 4.05. The summed E-state index contributed by atoms with van der Waals surface area (Å²) in [4.78, 5) is 4.25. The second-order valence-electron chi connectivity index (χ2n) is 4.56. The Hall–Kier alpha value is -0.630. The summed E-state index contributed by atoms with van der Waals surface area (Å²) in [5.41, 5.74) is 0. The van der Waals surface area contributed by atoms with Crippen LogP contribution in [-0.2, 0) is 0 Å². The van der Waals surface area contributed by atoms with Gasteiger partial charge in [0.2, 0.25) is 0 Å². The van der Waals surface area contributed by atoms with Gasteiger partial charge in [-0.1, -0.05) is 6.92 Å². The third-order valence-corrected chi connectivity index (χ3v) is 2.95. The van der Waals surface area contributed by atoms with Gasteiger partial charge in [0.15, 0.2) is 0 Å². The number of aliphatic hydroxyl groups excluding tert-OH is 1. The van der Waals surface area contributed by atoms with E-state index in [0.717, 1.165) is 19.4 Å². The highest BCUT2D eigenvalue weighted by Gasteiger charge is 2.34. The van der Waals surface area contributed by atoms with E-state index in [2.05, 4.69) is 15.9 Å². The molecule has 1 heterocycles. The zero-order valence-electron chi connectivity index (χ0n) is 9.85. The zero-order valence-corrected chi connectivity index (χ0v) is 9.85. The van der Waals surface area contributed by atoms with E-state index < -0.39 is 0 Å². The zero-order chi connectivity index (χ0) is 11.4. The molecule has 0 bridgehead atoms. The van der Waals surface area contributed by atoms with Crippen LogP contribution < -0.4 is 0 Å². The molecule has 0 amide bonds. The fourth-order valence-electron chi connectivity index (χ4n) is 2.30. The van der Waals surface area contributed by atoms with Crippen LogP contribution in [0.1, 0.15) is 19.8 Å². The van der Waals surface area contributed by atoms with Gasteiger partial charge < -0.3 is 10.0 Å². The number of likely N-dealkylation sites (N-methyl/N-ethyl adjacent to an activating group) is 1. The average Bonchev–Trinajstić information content (AvgIpc) is 2.48. The smallest absolute Gasteiger partial charge is 0.0978 e. The first-order valence-electron chi connectivity index (χ1n) is 5.56. The summed E-state index contributed by atoms with van der Waals surface area (Å²) in [6.45, 7) is 3.57. The molecular formula is C11H21N3O. The Labute approximate surface area is 92.1 Å². The van der Waals surface area contributed by atoms with Crippen molar-refractivity contribution in [1.82, 2.24) is 9.80 Å². The first-order chi connectivity index (χ1) is 7.08. The number of nitriles is 1. The van der Waals surface area contributed by atoms with Gasteiger partial charge in [-0.2, -0.15) is 5.26 Å². The third-order valence-electron chi connectivity index (χ3n) is 2.95. The van der Waals surface area contributed by atoms with E-state index >= 15 is 0 Å². The van der Waals surface area contributed by atoms with E-state index in [1.807, 2.05) is 21.0 Å². The molecule has 4 nitrogen and oxygen atoms in total. The summed E-state index contributed by atoms with van der Waals surface area (Å²) < 4.78 is 0. The first-order valence-corrected chi connectivity index (χ1v) is 5.56. The van der Waals surface area contributed by atoms with Gasteiger partial charge in [0.25, 0.3) is 0 Å². The maximum atomic E-state index is 9.65. The molecule has 4 heteroatoms. The van der Waals surface area contributed by atoms with Gasteiger partial charge in [-0.25, -0.2) is 0 Å². The number of likely N-dealkylation sites (tertiary alicyclic amines) is 1. The maximum Gasteiger partial charge on any atom is 0.0978 e. The number of β-amino-alcohol motifs (C(OH)–C–C–N with tert-alkyl or cyclic N) is 1. The Bertz CT molecular complexity index is 236. The molecule has 0 radical (unpaired) electrons. The Morgan fingerprint density at radius 2 is 2.27 bits per heavy atom. The molecule has 1 N–H and O–H groups in total. The average molecular weight is 211 g/mol. The van der Waals surface area contributed by atoms with Crippen LogP contribution in [0.15, 0.2) is 0 Å². The number of rotatable bonds is 4. The normalized spacial score (nSPS) is 29.3. The fraction of sp³-hybridized carbons (Fsp3) is 0.909. The summed E-state index contributed by atoms with van der Waals surface area (Å²) in [5.74, 6) is 0. The van der Waals surface area contributed by atoms with Crippen molar-refractivity contribution >= 4 is 0 Å². The molecule has 1 aliphatic rings. The van der Waals surface area contributed by atoms with Crippen molar-refractivity contribution in [2.24, 2.45) is 0 Å². The lowest BCUT2D eigenvalue weighted by Crippen LogP contribution is -2.43. The largest absolute Gasteiger partial charge is 0.392 e. The molecule has 3 unspecified atom stereocenters. The lowest BCUT2D eigenvalue weighted by Gasteiger charge is -2.29. The molecule has 0 aliphatic carbocycles. The lowest BCUT2D eigenvalue weighted by atomic mass is 10.1. The van der Waals surface area contributed by atoms with Gasteiger partial charge in [0.1, 0.15) is 0 Å². The van der Waals surface area contributed by atoms with Gasteiger partial charge in [0.05, 0.1) is 18.2 Å². The minimum Gasteiger partial charge on any atom is -0.392 e. The minimum absolute atomic E-state index is 0.0490. The molecular weight excluding hydrogens is 190 g/mol. The van der Waals surface area contributed by atoms with Crippen molar-refractivity contribution in [3.05, 3.63) is 0 Å². The van der Waals surface area contributed by atoms with Crippen LogP contribution in [-0.4, -0.2) is 60.3 Å².